The van der Waals surface area contributed by atoms with Crippen molar-refractivity contribution in [2.45, 2.75) is 83.8 Å². The summed E-state index contributed by atoms with van der Waals surface area (Å²) in [5.74, 6) is -3.56. The summed E-state index contributed by atoms with van der Waals surface area (Å²) in [4.78, 5) is 65.2. The molecule has 214 valence electrons. The van der Waals surface area contributed by atoms with E-state index in [1.807, 2.05) is 19.1 Å². The molecule has 10 nitrogen and oxygen atoms in total. The number of unbranched alkanes of at least 4 members (excludes halogenated alkanes) is 1. The topological polar surface area (TPSA) is 139 Å². The Balaban J connectivity index is 1.82. The van der Waals surface area contributed by atoms with E-state index in [0.29, 0.717) is 44.1 Å². The number of benzene rings is 1. The monoisotopic (exact) mass is 544 g/mol. The van der Waals surface area contributed by atoms with Gasteiger partial charge in [-0.3, -0.25) is 19.3 Å². The van der Waals surface area contributed by atoms with Crippen molar-refractivity contribution >= 4 is 35.7 Å². The SMILES string of the molecule is CCCCOC(C(=O)O)C(C=O)CC1(C(=O)N[C@H]2CCc3ccccc3N(CC(=O)OCC)C2=O)CCCC1. The molecule has 1 saturated carbocycles. The van der Waals surface area contributed by atoms with Crippen LogP contribution in [-0.2, 0) is 39.9 Å². The quantitative estimate of drug-likeness (QED) is 0.207. The van der Waals surface area contributed by atoms with Crippen LogP contribution >= 0.6 is 0 Å². The Bertz CT molecular complexity index is 1040. The highest BCUT2D eigenvalue weighted by molar-refractivity contribution is 6.03. The number of carbonyl (C=O) groups excluding carboxylic acids is 4. The van der Waals surface area contributed by atoms with Crippen molar-refractivity contribution < 1.29 is 38.6 Å². The van der Waals surface area contributed by atoms with Crippen LogP contribution in [0.15, 0.2) is 24.3 Å². The standard InChI is InChI=1S/C29H40N2O8/c1-3-5-16-39-25(27(35)36)21(19-32)17-29(14-8-9-15-29)28(37)30-22-13-12-20-10-6-7-11-23(20)31(26(22)34)18-24(33)38-4-2/h6-7,10-11,19,21-22,25H,3-5,8-9,12-18H2,1-2H3,(H,30,37)(H,35,36)/t21?,22-,25?/m0/s1. The lowest BCUT2D eigenvalue weighted by molar-refractivity contribution is -0.158. The average molecular weight is 545 g/mol. The third-order valence-corrected chi connectivity index (χ3v) is 7.72. The number of aliphatic carboxylic acids is 1. The summed E-state index contributed by atoms with van der Waals surface area (Å²) in [5, 5.41) is 12.7. The molecule has 1 aromatic carbocycles. The molecule has 0 radical (unpaired) electrons. The molecule has 3 atom stereocenters. The minimum absolute atomic E-state index is 0.0269. The Morgan fingerprint density at radius 1 is 1.21 bits per heavy atom. The second-order valence-electron chi connectivity index (χ2n) is 10.4. The predicted octanol–water partition coefficient (Wildman–Crippen LogP) is 3.05. The van der Waals surface area contributed by atoms with Crippen LogP contribution in [0.5, 0.6) is 0 Å². The van der Waals surface area contributed by atoms with E-state index in [9.17, 15) is 29.1 Å². The van der Waals surface area contributed by atoms with Crippen molar-refractivity contribution in [1.82, 2.24) is 5.32 Å². The number of carboxylic acid groups (broad SMARTS) is 1. The van der Waals surface area contributed by atoms with Gasteiger partial charge < -0.3 is 24.7 Å². The predicted molar refractivity (Wildman–Crippen MR) is 143 cm³/mol. The van der Waals surface area contributed by atoms with Crippen LogP contribution in [0.4, 0.5) is 5.69 Å². The van der Waals surface area contributed by atoms with Gasteiger partial charge in [0.15, 0.2) is 6.10 Å². The second kappa shape index (κ2) is 14.2. The van der Waals surface area contributed by atoms with E-state index in [4.69, 9.17) is 9.47 Å². The molecular formula is C29H40N2O8. The molecule has 2 aliphatic rings. The number of para-hydroxylation sites is 1. The minimum Gasteiger partial charge on any atom is -0.479 e. The van der Waals surface area contributed by atoms with E-state index in [1.165, 1.54) is 4.90 Å². The van der Waals surface area contributed by atoms with Gasteiger partial charge in [-0.15, -0.1) is 0 Å². The number of esters is 1. The Morgan fingerprint density at radius 2 is 1.92 bits per heavy atom. The number of hydrogen-bond donors (Lipinski definition) is 2. The number of rotatable bonds is 14. The number of anilines is 1. The lowest BCUT2D eigenvalue weighted by Gasteiger charge is -2.34. The molecule has 2 unspecified atom stereocenters. The van der Waals surface area contributed by atoms with Crippen LogP contribution in [0.2, 0.25) is 0 Å². The van der Waals surface area contributed by atoms with Crippen molar-refractivity contribution in [1.29, 1.82) is 0 Å². The van der Waals surface area contributed by atoms with Gasteiger partial charge in [-0.2, -0.15) is 0 Å². The van der Waals surface area contributed by atoms with Crippen molar-refractivity contribution in [3.05, 3.63) is 29.8 Å². The molecule has 1 heterocycles. The lowest BCUT2D eigenvalue weighted by atomic mass is 9.75. The Labute approximate surface area is 229 Å². The summed E-state index contributed by atoms with van der Waals surface area (Å²) < 4.78 is 10.6. The van der Waals surface area contributed by atoms with Gasteiger partial charge in [-0.05, 0) is 57.1 Å². The fourth-order valence-corrected chi connectivity index (χ4v) is 5.65. The van der Waals surface area contributed by atoms with Gasteiger partial charge in [-0.1, -0.05) is 44.4 Å². The number of fused-ring (bicyclic) bond motifs is 1. The van der Waals surface area contributed by atoms with Gasteiger partial charge in [0.05, 0.1) is 12.5 Å². The number of aldehydes is 1. The molecular weight excluding hydrogens is 504 g/mol. The molecule has 1 fully saturated rings. The van der Waals surface area contributed by atoms with E-state index in [-0.39, 0.29) is 32.1 Å². The van der Waals surface area contributed by atoms with Gasteiger partial charge in [0.1, 0.15) is 18.9 Å². The highest BCUT2D eigenvalue weighted by Crippen LogP contribution is 2.44. The van der Waals surface area contributed by atoms with Crippen molar-refractivity contribution in [2.24, 2.45) is 11.3 Å². The lowest BCUT2D eigenvalue weighted by Crippen LogP contribution is -2.53. The number of nitrogens with zero attached hydrogens (tertiary/aromatic N) is 1. The molecule has 2 N–H and O–H groups in total. The Hall–Kier alpha value is -3.27. The molecule has 0 bridgehead atoms. The molecule has 39 heavy (non-hydrogen) atoms. The number of carboxylic acids is 1. The van der Waals surface area contributed by atoms with E-state index < -0.39 is 41.3 Å². The first-order chi connectivity index (χ1) is 18.8. The van der Waals surface area contributed by atoms with Crippen LogP contribution < -0.4 is 10.2 Å². The molecule has 3 rings (SSSR count). The zero-order valence-corrected chi connectivity index (χ0v) is 22.9. The number of carbonyl (C=O) groups is 5. The van der Waals surface area contributed by atoms with Crippen molar-refractivity contribution in [2.75, 3.05) is 24.7 Å². The van der Waals surface area contributed by atoms with Crippen LogP contribution in [-0.4, -0.2) is 67.0 Å². The number of aryl methyl sites for hydroxylation is 1. The van der Waals surface area contributed by atoms with Crippen LogP contribution in [0.1, 0.15) is 70.8 Å². The van der Waals surface area contributed by atoms with E-state index in [0.717, 1.165) is 24.8 Å². The molecule has 1 aliphatic carbocycles. The number of nitrogens with one attached hydrogen (secondary N) is 1. The third kappa shape index (κ3) is 7.44. The highest BCUT2D eigenvalue weighted by Gasteiger charge is 2.47. The minimum atomic E-state index is -1.34. The maximum atomic E-state index is 13.8. The third-order valence-electron chi connectivity index (χ3n) is 7.72. The smallest absolute Gasteiger partial charge is 0.333 e. The van der Waals surface area contributed by atoms with Gasteiger partial charge >= 0.3 is 11.9 Å². The average Bonchev–Trinajstić information content (AvgIpc) is 3.36. The molecule has 1 aliphatic heterocycles. The zero-order chi connectivity index (χ0) is 28.4. The second-order valence-corrected chi connectivity index (χ2v) is 10.4. The first kappa shape index (κ1) is 30.3. The van der Waals surface area contributed by atoms with Crippen LogP contribution in [0.3, 0.4) is 0 Å². The summed E-state index contributed by atoms with van der Waals surface area (Å²) in [6.45, 7) is 3.77. The number of ether oxygens (including phenoxy) is 2. The molecule has 1 aromatic rings. The zero-order valence-electron chi connectivity index (χ0n) is 22.9. The molecule has 0 spiro atoms. The van der Waals surface area contributed by atoms with Gasteiger partial charge in [0, 0.05) is 17.7 Å². The van der Waals surface area contributed by atoms with Gasteiger partial charge in [0.25, 0.3) is 0 Å². The Morgan fingerprint density at radius 3 is 2.56 bits per heavy atom. The summed E-state index contributed by atoms with van der Waals surface area (Å²) in [6, 6.07) is 6.43. The van der Waals surface area contributed by atoms with Gasteiger partial charge in [-0.25, -0.2) is 4.79 Å². The van der Waals surface area contributed by atoms with E-state index in [2.05, 4.69) is 5.32 Å². The maximum absolute atomic E-state index is 13.8. The largest absolute Gasteiger partial charge is 0.479 e. The molecule has 10 heteroatoms. The first-order valence-electron chi connectivity index (χ1n) is 13.9. The van der Waals surface area contributed by atoms with Gasteiger partial charge in [0.2, 0.25) is 11.8 Å². The fraction of sp³-hybridized carbons (Fsp3) is 0.621. The molecule has 0 saturated heterocycles. The highest BCUT2D eigenvalue weighted by atomic mass is 16.5. The number of amides is 2. The number of hydrogen-bond acceptors (Lipinski definition) is 7. The van der Waals surface area contributed by atoms with Crippen LogP contribution in [0.25, 0.3) is 0 Å². The summed E-state index contributed by atoms with van der Waals surface area (Å²) >= 11 is 0. The van der Waals surface area contributed by atoms with Crippen molar-refractivity contribution in [3.63, 3.8) is 0 Å². The summed E-state index contributed by atoms with van der Waals surface area (Å²) in [5.41, 5.74) is 0.508. The normalized spacial score (nSPS) is 19.9. The first-order valence-corrected chi connectivity index (χ1v) is 13.9. The van der Waals surface area contributed by atoms with E-state index >= 15 is 0 Å². The van der Waals surface area contributed by atoms with E-state index in [1.54, 1.807) is 19.1 Å². The van der Waals surface area contributed by atoms with Crippen LogP contribution in [0, 0.1) is 11.3 Å². The maximum Gasteiger partial charge on any atom is 0.333 e. The Kier molecular flexibility index (Phi) is 11.0. The summed E-state index contributed by atoms with van der Waals surface area (Å²) in [6.07, 6.45) is 4.08. The summed E-state index contributed by atoms with van der Waals surface area (Å²) in [7, 11) is 0. The fourth-order valence-electron chi connectivity index (χ4n) is 5.65. The van der Waals surface area contributed by atoms with Crippen molar-refractivity contribution in [3.8, 4) is 0 Å². The molecule has 2 amide bonds. The molecule has 0 aromatic heterocycles.